The van der Waals surface area contributed by atoms with Gasteiger partial charge >= 0.3 is 0 Å². The standard InChI is InChI=1S/C17H19Cl2N3O2/c1-8-13-11(2-4-20-17(8)23)22-16-14(13)12(6-10(18)15(16)19)21-9-3-5-24-7-9/h6,8-9,21-22H,2-5,7H2,1H3,(H,20,23)/t8?,9-/m0/s1. The van der Waals surface area contributed by atoms with Crippen LogP contribution in [0.15, 0.2) is 6.07 Å². The van der Waals surface area contributed by atoms with Gasteiger partial charge in [0, 0.05) is 36.3 Å². The number of amides is 1. The van der Waals surface area contributed by atoms with E-state index in [1.165, 1.54) is 0 Å². The molecule has 3 N–H and O–H groups in total. The van der Waals surface area contributed by atoms with Gasteiger partial charge in [0.2, 0.25) is 5.91 Å². The zero-order chi connectivity index (χ0) is 16.8. The average Bonchev–Trinajstić information content (AvgIpc) is 3.16. The quantitative estimate of drug-likeness (QED) is 0.761. The number of carbonyl (C=O) groups excluding carboxylic acids is 1. The first kappa shape index (κ1) is 16.1. The molecule has 2 aromatic rings. The number of aromatic amines is 1. The number of rotatable bonds is 2. The van der Waals surface area contributed by atoms with Crippen LogP contribution in [0.5, 0.6) is 0 Å². The van der Waals surface area contributed by atoms with Crippen molar-refractivity contribution in [2.75, 3.05) is 25.1 Å². The Hall–Kier alpha value is -1.43. The molecule has 0 aliphatic carbocycles. The molecule has 1 fully saturated rings. The van der Waals surface area contributed by atoms with Gasteiger partial charge in [-0.1, -0.05) is 23.2 Å². The largest absolute Gasteiger partial charge is 0.379 e. The summed E-state index contributed by atoms with van der Waals surface area (Å²) < 4.78 is 5.45. The number of aromatic nitrogens is 1. The van der Waals surface area contributed by atoms with Crippen molar-refractivity contribution in [3.8, 4) is 0 Å². The van der Waals surface area contributed by atoms with E-state index in [-0.39, 0.29) is 17.9 Å². The fraction of sp³-hybridized carbons (Fsp3) is 0.471. The summed E-state index contributed by atoms with van der Waals surface area (Å²) in [5.74, 6) is -0.204. The Morgan fingerprint density at radius 2 is 2.21 bits per heavy atom. The van der Waals surface area contributed by atoms with Crippen molar-refractivity contribution in [2.24, 2.45) is 0 Å². The van der Waals surface area contributed by atoms with E-state index in [2.05, 4.69) is 15.6 Å². The molecule has 0 bridgehead atoms. The van der Waals surface area contributed by atoms with Crippen molar-refractivity contribution in [2.45, 2.75) is 31.7 Å². The van der Waals surface area contributed by atoms with Crippen molar-refractivity contribution < 1.29 is 9.53 Å². The summed E-state index contributed by atoms with van der Waals surface area (Å²) in [7, 11) is 0. The van der Waals surface area contributed by atoms with Gasteiger partial charge in [-0.05, 0) is 25.0 Å². The van der Waals surface area contributed by atoms with Crippen LogP contribution < -0.4 is 10.6 Å². The Bertz CT molecular complexity index is 812. The molecule has 3 heterocycles. The Kier molecular flexibility index (Phi) is 4.11. The van der Waals surface area contributed by atoms with E-state index in [0.717, 1.165) is 47.3 Å². The highest BCUT2D eigenvalue weighted by molar-refractivity contribution is 6.45. The van der Waals surface area contributed by atoms with Gasteiger partial charge in [0.1, 0.15) is 0 Å². The fourth-order valence-corrected chi connectivity index (χ4v) is 4.04. The molecule has 1 aromatic carbocycles. The second kappa shape index (κ2) is 6.14. The van der Waals surface area contributed by atoms with E-state index >= 15 is 0 Å². The van der Waals surface area contributed by atoms with Gasteiger partial charge in [0.05, 0.1) is 34.1 Å². The lowest BCUT2D eigenvalue weighted by Crippen LogP contribution is -2.27. The monoisotopic (exact) mass is 367 g/mol. The van der Waals surface area contributed by atoms with Gasteiger partial charge in [0.15, 0.2) is 0 Å². The molecule has 2 aliphatic rings. The number of halogens is 2. The first-order chi connectivity index (χ1) is 11.6. The van der Waals surface area contributed by atoms with Gasteiger partial charge in [-0.25, -0.2) is 0 Å². The third kappa shape index (κ3) is 2.55. The van der Waals surface area contributed by atoms with Crippen LogP contribution >= 0.6 is 23.2 Å². The minimum absolute atomic E-state index is 0.0378. The Morgan fingerprint density at radius 1 is 1.38 bits per heavy atom. The molecule has 2 aliphatic heterocycles. The number of hydrogen-bond donors (Lipinski definition) is 3. The topological polar surface area (TPSA) is 66.2 Å². The lowest BCUT2D eigenvalue weighted by molar-refractivity contribution is -0.121. The molecule has 5 nitrogen and oxygen atoms in total. The molecule has 1 amide bonds. The smallest absolute Gasteiger partial charge is 0.227 e. The molecule has 0 radical (unpaired) electrons. The Balaban J connectivity index is 1.92. The summed E-state index contributed by atoms with van der Waals surface area (Å²) in [6, 6.07) is 2.10. The first-order valence-electron chi connectivity index (χ1n) is 8.20. The molecule has 2 atom stereocenters. The summed E-state index contributed by atoms with van der Waals surface area (Å²) in [5, 5.41) is 8.44. The van der Waals surface area contributed by atoms with Crippen LogP contribution in [0.3, 0.4) is 0 Å². The van der Waals surface area contributed by atoms with Crippen molar-refractivity contribution in [3.63, 3.8) is 0 Å². The summed E-state index contributed by atoms with van der Waals surface area (Å²) in [4.78, 5) is 15.7. The highest BCUT2D eigenvalue weighted by atomic mass is 35.5. The Morgan fingerprint density at radius 3 is 2.96 bits per heavy atom. The summed E-state index contributed by atoms with van der Waals surface area (Å²) >= 11 is 12.8. The molecule has 0 saturated carbocycles. The molecular weight excluding hydrogens is 349 g/mol. The number of carbonyl (C=O) groups is 1. The third-order valence-electron chi connectivity index (χ3n) is 4.88. The number of fused-ring (bicyclic) bond motifs is 3. The molecule has 128 valence electrons. The van der Waals surface area contributed by atoms with Crippen LogP contribution in [-0.2, 0) is 16.0 Å². The zero-order valence-electron chi connectivity index (χ0n) is 13.3. The SMILES string of the molecule is CC1C(=O)NCCc2[nH]c3c(Cl)c(Cl)cc(N[C@H]4CCOC4)c3c21. The number of H-pyrrole nitrogens is 1. The summed E-state index contributed by atoms with van der Waals surface area (Å²) in [6.45, 7) is 3.97. The lowest BCUT2D eigenvalue weighted by Gasteiger charge is -2.17. The molecule has 1 unspecified atom stereocenters. The predicted octanol–water partition coefficient (Wildman–Crippen LogP) is 3.45. The predicted molar refractivity (Wildman–Crippen MR) is 96.3 cm³/mol. The second-order valence-electron chi connectivity index (χ2n) is 6.45. The van der Waals surface area contributed by atoms with Crippen LogP contribution in [0.1, 0.15) is 30.5 Å². The van der Waals surface area contributed by atoms with Gasteiger partial charge in [-0.15, -0.1) is 0 Å². The highest BCUT2D eigenvalue weighted by Gasteiger charge is 2.29. The molecule has 24 heavy (non-hydrogen) atoms. The van der Waals surface area contributed by atoms with Crippen LogP contribution in [0.4, 0.5) is 5.69 Å². The van der Waals surface area contributed by atoms with Gasteiger partial charge < -0.3 is 20.4 Å². The van der Waals surface area contributed by atoms with E-state index in [1.807, 2.05) is 13.0 Å². The zero-order valence-corrected chi connectivity index (χ0v) is 14.9. The van der Waals surface area contributed by atoms with Gasteiger partial charge in [0.25, 0.3) is 0 Å². The van der Waals surface area contributed by atoms with Crippen molar-refractivity contribution in [3.05, 3.63) is 27.4 Å². The molecule has 7 heteroatoms. The second-order valence-corrected chi connectivity index (χ2v) is 7.24. The fourth-order valence-electron chi connectivity index (χ4n) is 3.64. The number of ether oxygens (including phenoxy) is 1. The number of anilines is 1. The normalized spacial score (nSPS) is 23.9. The maximum absolute atomic E-state index is 12.3. The van der Waals surface area contributed by atoms with E-state index in [4.69, 9.17) is 27.9 Å². The van der Waals surface area contributed by atoms with Crippen LogP contribution in [-0.4, -0.2) is 36.7 Å². The van der Waals surface area contributed by atoms with E-state index in [1.54, 1.807) is 0 Å². The van der Waals surface area contributed by atoms with Crippen LogP contribution in [0.2, 0.25) is 10.0 Å². The maximum Gasteiger partial charge on any atom is 0.227 e. The number of benzene rings is 1. The molecule has 4 rings (SSSR count). The van der Waals surface area contributed by atoms with E-state index < -0.39 is 0 Å². The minimum Gasteiger partial charge on any atom is -0.379 e. The van der Waals surface area contributed by atoms with Crippen molar-refractivity contribution in [1.82, 2.24) is 10.3 Å². The highest BCUT2D eigenvalue weighted by Crippen LogP contribution is 2.42. The summed E-state index contributed by atoms with van der Waals surface area (Å²) in [6.07, 6.45) is 1.70. The van der Waals surface area contributed by atoms with Crippen molar-refractivity contribution >= 4 is 45.7 Å². The maximum atomic E-state index is 12.3. The lowest BCUT2D eigenvalue weighted by atomic mass is 9.96. The first-order valence-corrected chi connectivity index (χ1v) is 8.96. The molecule has 0 spiro atoms. The third-order valence-corrected chi connectivity index (χ3v) is 5.67. The molecule has 1 saturated heterocycles. The van der Waals surface area contributed by atoms with Crippen LogP contribution in [0, 0.1) is 0 Å². The number of nitrogens with one attached hydrogen (secondary N) is 3. The van der Waals surface area contributed by atoms with E-state index in [9.17, 15) is 4.79 Å². The van der Waals surface area contributed by atoms with E-state index in [0.29, 0.717) is 23.2 Å². The molecule has 1 aromatic heterocycles. The van der Waals surface area contributed by atoms with Crippen molar-refractivity contribution in [1.29, 1.82) is 0 Å². The molecular formula is C17H19Cl2N3O2. The average molecular weight is 368 g/mol. The number of hydrogen-bond acceptors (Lipinski definition) is 3. The summed E-state index contributed by atoms with van der Waals surface area (Å²) in [5.41, 5.74) is 3.77. The van der Waals surface area contributed by atoms with Crippen LogP contribution in [0.25, 0.3) is 10.9 Å². The Labute approximate surface area is 150 Å². The van der Waals surface area contributed by atoms with Gasteiger partial charge in [-0.2, -0.15) is 0 Å². The van der Waals surface area contributed by atoms with Gasteiger partial charge in [-0.3, -0.25) is 4.79 Å². The minimum atomic E-state index is -0.242.